The van der Waals surface area contributed by atoms with Gasteiger partial charge < -0.3 is 14.9 Å². The van der Waals surface area contributed by atoms with Crippen LogP contribution in [0.4, 0.5) is 8.78 Å². The summed E-state index contributed by atoms with van der Waals surface area (Å²) in [7, 11) is 0. The first-order chi connectivity index (χ1) is 8.13. The molecule has 2 radical (unpaired) electrons. The van der Waals surface area contributed by atoms with Crippen molar-refractivity contribution in [2.45, 2.75) is 38.5 Å². The van der Waals surface area contributed by atoms with Crippen molar-refractivity contribution in [3.8, 4) is 0 Å². The number of hydrogen-bond acceptors (Lipinski definition) is 0. The normalized spacial score (nSPS) is 20.0. The van der Waals surface area contributed by atoms with Crippen LogP contribution in [0.3, 0.4) is 0 Å². The van der Waals surface area contributed by atoms with Gasteiger partial charge in [-0.15, -0.1) is 6.58 Å². The molecule has 0 heterocycles. The van der Waals surface area contributed by atoms with Crippen LogP contribution in [0, 0.1) is 39.3 Å². The molecular formula is C17H26F2VY. The molecule has 1 aliphatic rings. The zero-order chi connectivity index (χ0) is 12.4. The molecule has 0 nitrogen and oxygen atoms in total. The molecule has 0 atom stereocenters. The van der Waals surface area contributed by atoms with Gasteiger partial charge in [0.25, 0.3) is 0 Å². The molecule has 116 valence electrons. The molecule has 0 aromatic heterocycles. The topological polar surface area (TPSA) is 0 Å². The average molecular weight is 408 g/mol. The van der Waals surface area contributed by atoms with Gasteiger partial charge in [-0.3, -0.25) is 0 Å². The number of hydrogen-bond donors (Lipinski definition) is 0. The largest absolute Gasteiger partial charge is 2.00 e. The predicted molar refractivity (Wildman–Crippen MR) is 80.9 cm³/mol. The van der Waals surface area contributed by atoms with Gasteiger partial charge in [-0.25, -0.2) is 8.78 Å². The predicted octanol–water partition coefficient (Wildman–Crippen LogP) is 5.87. The summed E-state index contributed by atoms with van der Waals surface area (Å²) in [6.07, 6.45) is 5.89. The fourth-order valence-corrected chi connectivity index (χ4v) is 2.64. The minimum Gasteiger partial charge on any atom is -0.358 e. The molecular weight excluding hydrogens is 382 g/mol. The summed E-state index contributed by atoms with van der Waals surface area (Å²) >= 11 is 0. The molecule has 0 N–H and O–H groups in total. The Hall–Kier alpha value is 0.508. The van der Waals surface area contributed by atoms with Crippen molar-refractivity contribution in [2.24, 2.45) is 5.92 Å². The minimum absolute atomic E-state index is 0. The van der Waals surface area contributed by atoms with Crippen LogP contribution in [0.1, 0.15) is 44.2 Å². The van der Waals surface area contributed by atoms with E-state index in [1.54, 1.807) is 19.1 Å². The molecule has 1 aromatic carbocycles. The van der Waals surface area contributed by atoms with Crippen molar-refractivity contribution in [2.75, 3.05) is 0 Å². The Labute approximate surface area is 167 Å². The Balaban J connectivity index is -0.000000324. The van der Waals surface area contributed by atoms with E-state index < -0.39 is 11.6 Å². The standard InChI is InChI=1S/C15H18F2.2CH3.V.Y.H2/c1-3-11-5-7-12(8-6-11)13-9-4-10(2)14(16)15(13)17;;;;;/h3-4,9,11-12H,1,5-8H2,2H3;2*1H3;;;1H/q;2*-1;+2;;. The maximum absolute atomic E-state index is 13.8. The van der Waals surface area contributed by atoms with E-state index >= 15 is 0 Å². The Kier molecular flexibility index (Phi) is 15.1. The van der Waals surface area contributed by atoms with E-state index in [0.717, 1.165) is 25.7 Å². The summed E-state index contributed by atoms with van der Waals surface area (Å²) in [6, 6.07) is 3.42. The van der Waals surface area contributed by atoms with E-state index in [1.165, 1.54) is 0 Å². The molecule has 0 spiro atoms. The first-order valence-electron chi connectivity index (χ1n) is 6.20. The molecule has 1 aliphatic carbocycles. The molecule has 0 aliphatic heterocycles. The third kappa shape index (κ3) is 6.26. The van der Waals surface area contributed by atoms with E-state index in [2.05, 4.69) is 6.58 Å². The molecule has 0 bridgehead atoms. The summed E-state index contributed by atoms with van der Waals surface area (Å²) in [5, 5.41) is 0. The van der Waals surface area contributed by atoms with Crippen LogP contribution in [0.15, 0.2) is 24.8 Å². The Bertz CT molecular complexity index is 433. The third-order valence-electron chi connectivity index (χ3n) is 3.85. The molecule has 2 rings (SSSR count). The molecule has 0 amide bonds. The van der Waals surface area contributed by atoms with Crippen LogP contribution < -0.4 is 0 Å². The second-order valence-electron chi connectivity index (χ2n) is 4.95. The summed E-state index contributed by atoms with van der Waals surface area (Å²) in [4.78, 5) is 0. The third-order valence-corrected chi connectivity index (χ3v) is 3.85. The first kappa shape index (κ1) is 26.4. The van der Waals surface area contributed by atoms with E-state index in [0.29, 0.717) is 17.0 Å². The van der Waals surface area contributed by atoms with Gasteiger partial charge in [-0.2, -0.15) is 0 Å². The molecule has 0 unspecified atom stereocenters. The van der Waals surface area contributed by atoms with Gasteiger partial charge in [0.1, 0.15) is 0 Å². The fourth-order valence-electron chi connectivity index (χ4n) is 2.64. The van der Waals surface area contributed by atoms with Crippen molar-refractivity contribution in [1.29, 1.82) is 0 Å². The maximum atomic E-state index is 13.8. The zero-order valence-corrected chi connectivity index (χ0v) is 17.4. The van der Waals surface area contributed by atoms with Crippen molar-refractivity contribution in [1.82, 2.24) is 0 Å². The van der Waals surface area contributed by atoms with Gasteiger partial charge in [0, 0.05) is 34.1 Å². The second-order valence-corrected chi connectivity index (χ2v) is 4.95. The number of allylic oxidation sites excluding steroid dienone is 1. The van der Waals surface area contributed by atoms with Gasteiger partial charge in [0.05, 0.1) is 0 Å². The Morgan fingerprint density at radius 3 is 2.10 bits per heavy atom. The van der Waals surface area contributed by atoms with Crippen LogP contribution in [-0.4, -0.2) is 0 Å². The SMILES string of the molecule is C=CC1CCC(c2ccc(C)c(F)c2F)CC1.[CH3-].[CH3-].[HH].[V+2].[Y]. The fraction of sp³-hybridized carbons (Fsp3) is 0.412. The zero-order valence-electron chi connectivity index (χ0n) is 13.2. The number of halogens is 2. The first-order valence-corrected chi connectivity index (χ1v) is 6.20. The Morgan fingerprint density at radius 2 is 1.62 bits per heavy atom. The monoisotopic (exact) mass is 408 g/mol. The van der Waals surface area contributed by atoms with Crippen LogP contribution >= 0.6 is 0 Å². The molecule has 0 saturated heterocycles. The van der Waals surface area contributed by atoms with Crippen LogP contribution in [0.25, 0.3) is 0 Å². The smallest absolute Gasteiger partial charge is 0.358 e. The van der Waals surface area contributed by atoms with Gasteiger partial charge in [-0.05, 0) is 55.6 Å². The van der Waals surface area contributed by atoms with Gasteiger partial charge >= 0.3 is 18.6 Å². The average Bonchev–Trinajstić information content (AvgIpc) is 2.36. The number of rotatable bonds is 2. The minimum atomic E-state index is -0.687. The number of benzene rings is 1. The van der Waals surface area contributed by atoms with Crippen molar-refractivity contribution >= 4 is 0 Å². The van der Waals surface area contributed by atoms with Crippen molar-refractivity contribution < 1.29 is 61.5 Å². The summed E-state index contributed by atoms with van der Waals surface area (Å²) in [5.41, 5.74) is 0.932. The Morgan fingerprint density at radius 1 is 1.10 bits per heavy atom. The van der Waals surface area contributed by atoms with Crippen molar-refractivity contribution in [3.05, 3.63) is 62.4 Å². The number of aryl methyl sites for hydroxylation is 1. The second kappa shape index (κ2) is 12.0. The molecule has 1 fully saturated rings. The van der Waals surface area contributed by atoms with Crippen molar-refractivity contribution in [3.63, 3.8) is 0 Å². The van der Waals surface area contributed by atoms with E-state index in [9.17, 15) is 8.78 Å². The summed E-state index contributed by atoms with van der Waals surface area (Å²) < 4.78 is 27.3. The van der Waals surface area contributed by atoms with Crippen LogP contribution in [0.2, 0.25) is 0 Å². The quantitative estimate of drug-likeness (QED) is 0.424. The van der Waals surface area contributed by atoms with Gasteiger partial charge in [0.2, 0.25) is 0 Å². The van der Waals surface area contributed by atoms with Gasteiger partial charge in [-0.1, -0.05) is 18.2 Å². The maximum Gasteiger partial charge on any atom is 2.00 e. The van der Waals surface area contributed by atoms with Gasteiger partial charge in [0.15, 0.2) is 11.6 Å². The summed E-state index contributed by atoms with van der Waals surface area (Å²) in [6.45, 7) is 5.39. The van der Waals surface area contributed by atoms with Crippen LogP contribution in [-0.2, 0) is 51.3 Å². The molecule has 21 heavy (non-hydrogen) atoms. The molecule has 1 saturated carbocycles. The summed E-state index contributed by atoms with van der Waals surface area (Å²) in [5.74, 6) is -0.619. The van der Waals surface area contributed by atoms with E-state index in [1.807, 2.05) is 6.08 Å². The van der Waals surface area contributed by atoms with E-state index in [-0.39, 0.29) is 73.5 Å². The molecule has 4 heteroatoms. The molecule has 1 aromatic rings. The van der Waals surface area contributed by atoms with E-state index in [4.69, 9.17) is 0 Å². The van der Waals surface area contributed by atoms with Crippen LogP contribution in [0.5, 0.6) is 0 Å².